The van der Waals surface area contributed by atoms with Crippen molar-refractivity contribution in [3.8, 4) is 6.01 Å². The number of nitrogens with zero attached hydrogens (tertiary/aromatic N) is 4. The highest BCUT2D eigenvalue weighted by molar-refractivity contribution is 5.08. The number of aryl methyl sites for hydroxylation is 1. The highest BCUT2D eigenvalue weighted by atomic mass is 16.5. The maximum absolute atomic E-state index is 5.03. The van der Waals surface area contributed by atoms with Crippen LogP contribution < -0.4 is 4.74 Å². The van der Waals surface area contributed by atoms with E-state index < -0.39 is 0 Å². The SMILES string of the molecule is COc1ncc(CN2CCCCC2CCc2ccccn2)cn1. The third kappa shape index (κ3) is 4.48. The first-order chi connectivity index (χ1) is 11.3. The second-order valence-electron chi connectivity index (χ2n) is 6.06. The Morgan fingerprint density at radius 1 is 1.17 bits per heavy atom. The van der Waals surface area contributed by atoms with E-state index in [2.05, 4.69) is 32.0 Å². The molecule has 1 atom stereocenters. The van der Waals surface area contributed by atoms with Gasteiger partial charge in [0.25, 0.3) is 0 Å². The lowest BCUT2D eigenvalue weighted by Crippen LogP contribution is -2.39. The lowest BCUT2D eigenvalue weighted by atomic mass is 9.96. The monoisotopic (exact) mass is 312 g/mol. The average molecular weight is 312 g/mol. The van der Waals surface area contributed by atoms with Crippen molar-refractivity contribution in [2.24, 2.45) is 0 Å². The van der Waals surface area contributed by atoms with Crippen molar-refractivity contribution in [1.82, 2.24) is 19.9 Å². The molecule has 1 saturated heterocycles. The lowest BCUT2D eigenvalue weighted by molar-refractivity contribution is 0.132. The Morgan fingerprint density at radius 3 is 2.78 bits per heavy atom. The van der Waals surface area contributed by atoms with Crippen LogP contribution in [0.3, 0.4) is 0 Å². The van der Waals surface area contributed by atoms with E-state index in [0.717, 1.165) is 31.5 Å². The predicted molar refractivity (Wildman–Crippen MR) is 89.2 cm³/mol. The molecule has 5 heteroatoms. The van der Waals surface area contributed by atoms with Gasteiger partial charge in [-0.15, -0.1) is 0 Å². The molecular weight excluding hydrogens is 288 g/mol. The quantitative estimate of drug-likeness (QED) is 0.821. The van der Waals surface area contributed by atoms with Crippen LogP contribution in [0.4, 0.5) is 0 Å². The fourth-order valence-electron chi connectivity index (χ4n) is 3.22. The molecule has 0 N–H and O–H groups in total. The van der Waals surface area contributed by atoms with E-state index in [9.17, 15) is 0 Å². The first-order valence-electron chi connectivity index (χ1n) is 8.34. The highest BCUT2D eigenvalue weighted by Crippen LogP contribution is 2.23. The van der Waals surface area contributed by atoms with E-state index in [0.29, 0.717) is 12.1 Å². The van der Waals surface area contributed by atoms with E-state index >= 15 is 0 Å². The minimum absolute atomic E-state index is 0.430. The number of aromatic nitrogens is 3. The number of likely N-dealkylation sites (tertiary alicyclic amines) is 1. The third-order valence-corrected chi connectivity index (χ3v) is 4.46. The average Bonchev–Trinajstić information content (AvgIpc) is 2.62. The Morgan fingerprint density at radius 2 is 2.04 bits per heavy atom. The van der Waals surface area contributed by atoms with Crippen molar-refractivity contribution < 1.29 is 4.74 Å². The Bertz CT molecular complexity index is 588. The van der Waals surface area contributed by atoms with Crippen LogP contribution in [0.25, 0.3) is 0 Å². The maximum atomic E-state index is 5.03. The van der Waals surface area contributed by atoms with Gasteiger partial charge in [0.1, 0.15) is 0 Å². The molecule has 0 aromatic carbocycles. The molecule has 5 nitrogen and oxygen atoms in total. The zero-order chi connectivity index (χ0) is 15.9. The van der Waals surface area contributed by atoms with E-state index in [1.54, 1.807) is 7.11 Å². The van der Waals surface area contributed by atoms with E-state index in [4.69, 9.17) is 4.74 Å². The van der Waals surface area contributed by atoms with Crippen molar-refractivity contribution in [3.63, 3.8) is 0 Å². The number of rotatable bonds is 6. The molecule has 0 radical (unpaired) electrons. The third-order valence-electron chi connectivity index (χ3n) is 4.46. The van der Waals surface area contributed by atoms with Crippen molar-refractivity contribution in [2.45, 2.75) is 44.7 Å². The smallest absolute Gasteiger partial charge is 0.316 e. The molecule has 1 aliphatic rings. The number of ether oxygens (including phenoxy) is 1. The standard InChI is InChI=1S/C18H24N4O/c1-23-18-20-12-15(13-21-18)14-22-11-5-3-7-17(22)9-8-16-6-2-4-10-19-16/h2,4,6,10,12-13,17H,3,5,7-9,11,14H2,1H3. The Labute approximate surface area is 137 Å². The minimum atomic E-state index is 0.430. The summed E-state index contributed by atoms with van der Waals surface area (Å²) in [5, 5.41) is 0. The normalized spacial score (nSPS) is 18.7. The highest BCUT2D eigenvalue weighted by Gasteiger charge is 2.22. The zero-order valence-electron chi connectivity index (χ0n) is 13.7. The summed E-state index contributed by atoms with van der Waals surface area (Å²) in [4.78, 5) is 15.4. The molecular formula is C18H24N4O. The fourth-order valence-corrected chi connectivity index (χ4v) is 3.22. The molecule has 2 aromatic rings. The van der Waals surface area contributed by atoms with Crippen molar-refractivity contribution in [1.29, 1.82) is 0 Å². The Balaban J connectivity index is 1.59. The largest absolute Gasteiger partial charge is 0.467 e. The van der Waals surface area contributed by atoms with Gasteiger partial charge in [-0.3, -0.25) is 9.88 Å². The van der Waals surface area contributed by atoms with Crippen molar-refractivity contribution in [3.05, 3.63) is 48.0 Å². The topological polar surface area (TPSA) is 51.1 Å². The number of hydrogen-bond donors (Lipinski definition) is 0. The molecule has 23 heavy (non-hydrogen) atoms. The Hall–Kier alpha value is -2.01. The van der Waals surface area contributed by atoms with Crippen molar-refractivity contribution in [2.75, 3.05) is 13.7 Å². The molecule has 3 rings (SSSR count). The van der Waals surface area contributed by atoms with E-state index in [1.807, 2.05) is 24.7 Å². The van der Waals surface area contributed by atoms with Crippen molar-refractivity contribution >= 4 is 0 Å². The summed E-state index contributed by atoms with van der Waals surface area (Å²) in [6, 6.07) is 7.20. The lowest BCUT2D eigenvalue weighted by Gasteiger charge is -2.35. The summed E-state index contributed by atoms with van der Waals surface area (Å²) in [6.45, 7) is 2.07. The first kappa shape index (κ1) is 15.9. The van der Waals surface area contributed by atoms with Gasteiger partial charge in [-0.25, -0.2) is 9.97 Å². The van der Waals surface area contributed by atoms with Gasteiger partial charge in [0.2, 0.25) is 0 Å². The second-order valence-corrected chi connectivity index (χ2v) is 6.06. The molecule has 1 unspecified atom stereocenters. The van der Waals surface area contributed by atoms with E-state index in [-0.39, 0.29) is 0 Å². The first-order valence-corrected chi connectivity index (χ1v) is 8.34. The van der Waals surface area contributed by atoms with Gasteiger partial charge in [0.15, 0.2) is 0 Å². The van der Waals surface area contributed by atoms with Gasteiger partial charge in [0, 0.05) is 42.4 Å². The molecule has 2 aromatic heterocycles. The van der Waals surface area contributed by atoms with Gasteiger partial charge in [-0.1, -0.05) is 12.5 Å². The number of pyridine rings is 1. The molecule has 0 spiro atoms. The maximum Gasteiger partial charge on any atom is 0.316 e. The van der Waals surface area contributed by atoms with Gasteiger partial charge in [-0.05, 0) is 44.4 Å². The summed E-state index contributed by atoms with van der Waals surface area (Å²) >= 11 is 0. The van der Waals surface area contributed by atoms with Crippen LogP contribution in [-0.2, 0) is 13.0 Å². The van der Waals surface area contributed by atoms with Gasteiger partial charge < -0.3 is 4.74 Å². The molecule has 0 saturated carbocycles. The number of methoxy groups -OCH3 is 1. The summed E-state index contributed by atoms with van der Waals surface area (Å²) in [5.41, 5.74) is 2.33. The molecule has 1 aliphatic heterocycles. The molecule has 0 aliphatic carbocycles. The summed E-state index contributed by atoms with van der Waals surface area (Å²) < 4.78 is 5.03. The van der Waals surface area contributed by atoms with Crippen LogP contribution in [0.5, 0.6) is 6.01 Å². The predicted octanol–water partition coefficient (Wildman–Crippen LogP) is 2.87. The number of hydrogen-bond acceptors (Lipinski definition) is 5. The molecule has 0 bridgehead atoms. The molecule has 1 fully saturated rings. The van der Waals surface area contributed by atoms with Gasteiger partial charge >= 0.3 is 6.01 Å². The Kier molecular flexibility index (Phi) is 5.53. The summed E-state index contributed by atoms with van der Waals surface area (Å²) in [6.07, 6.45) is 11.7. The zero-order valence-corrected chi connectivity index (χ0v) is 13.7. The van der Waals surface area contributed by atoms with E-state index in [1.165, 1.54) is 25.0 Å². The minimum Gasteiger partial charge on any atom is -0.467 e. The molecule has 0 amide bonds. The molecule has 3 heterocycles. The molecule has 122 valence electrons. The fraction of sp³-hybridized carbons (Fsp3) is 0.500. The van der Waals surface area contributed by atoms with Crippen LogP contribution in [-0.4, -0.2) is 39.5 Å². The summed E-state index contributed by atoms with van der Waals surface area (Å²) in [7, 11) is 1.59. The van der Waals surface area contributed by atoms with Crippen LogP contribution in [0.2, 0.25) is 0 Å². The summed E-state index contributed by atoms with van der Waals surface area (Å²) in [5.74, 6) is 0. The number of piperidine rings is 1. The van der Waals surface area contributed by atoms with Crippen LogP contribution in [0.15, 0.2) is 36.8 Å². The van der Waals surface area contributed by atoms with Crippen LogP contribution in [0.1, 0.15) is 36.9 Å². The van der Waals surface area contributed by atoms with Crippen LogP contribution in [0, 0.1) is 0 Å². The van der Waals surface area contributed by atoms with Gasteiger partial charge in [-0.2, -0.15) is 0 Å². The van der Waals surface area contributed by atoms with Gasteiger partial charge in [0.05, 0.1) is 7.11 Å². The second kappa shape index (κ2) is 8.02. The van der Waals surface area contributed by atoms with Crippen LogP contribution >= 0.6 is 0 Å².